The number of nitrogens with zero attached hydrogens (tertiary/aromatic N) is 5. The van der Waals surface area contributed by atoms with E-state index in [2.05, 4.69) is 9.80 Å². The summed E-state index contributed by atoms with van der Waals surface area (Å²) in [6, 6.07) is 8.44. The molecule has 1 aromatic carbocycles. The number of thiocarbonyl (C=S) groups is 1. The molecule has 0 spiro atoms. The molecular formula is C26H28FN5O2S2. The largest absolute Gasteiger partial charge is 0.368 e. The van der Waals surface area contributed by atoms with Crippen LogP contribution in [0, 0.1) is 24.1 Å². The van der Waals surface area contributed by atoms with Crippen LogP contribution >= 0.6 is 24.0 Å². The van der Waals surface area contributed by atoms with E-state index in [9.17, 15) is 19.2 Å². The number of carbonyl (C=O) groups excluding carboxylic acids is 1. The molecule has 2 aromatic rings. The van der Waals surface area contributed by atoms with Crippen molar-refractivity contribution < 1.29 is 9.18 Å². The van der Waals surface area contributed by atoms with E-state index in [1.165, 1.54) is 28.5 Å². The predicted octanol–water partition coefficient (Wildman–Crippen LogP) is 4.03. The molecule has 7 nitrogen and oxygen atoms in total. The fraction of sp³-hybridized carbons (Fsp3) is 0.385. The van der Waals surface area contributed by atoms with Crippen LogP contribution in [0.1, 0.15) is 37.0 Å². The van der Waals surface area contributed by atoms with E-state index in [-0.39, 0.29) is 28.9 Å². The summed E-state index contributed by atoms with van der Waals surface area (Å²) in [6.45, 7) is 8.30. The molecule has 1 aromatic heterocycles. The number of halogens is 1. The molecule has 3 heterocycles. The molecule has 1 amide bonds. The number of rotatable bonds is 5. The molecule has 1 atom stereocenters. The Hall–Kier alpha value is -3.16. The van der Waals surface area contributed by atoms with E-state index in [1.807, 2.05) is 19.9 Å². The summed E-state index contributed by atoms with van der Waals surface area (Å²) in [5, 5.41) is 9.70. The highest BCUT2D eigenvalue weighted by atomic mass is 32.2. The number of hydrogen-bond acceptors (Lipinski definition) is 7. The molecule has 0 bridgehead atoms. The van der Waals surface area contributed by atoms with Crippen molar-refractivity contribution in [3.63, 3.8) is 0 Å². The number of aromatic nitrogens is 1. The molecule has 2 aliphatic heterocycles. The van der Waals surface area contributed by atoms with Gasteiger partial charge < -0.3 is 9.80 Å². The summed E-state index contributed by atoms with van der Waals surface area (Å²) in [5.41, 5.74) is 1.86. The average Bonchev–Trinajstić information content (AvgIpc) is 3.15. The fourth-order valence-electron chi connectivity index (χ4n) is 4.60. The van der Waals surface area contributed by atoms with Crippen LogP contribution in [-0.4, -0.2) is 51.9 Å². The second-order valence-electron chi connectivity index (χ2n) is 8.97. The summed E-state index contributed by atoms with van der Waals surface area (Å²) in [4.78, 5) is 32.6. The van der Waals surface area contributed by atoms with Gasteiger partial charge in [0.25, 0.3) is 11.5 Å². The van der Waals surface area contributed by atoms with Gasteiger partial charge in [-0.05, 0) is 56.2 Å². The van der Waals surface area contributed by atoms with Crippen molar-refractivity contribution >= 4 is 51.8 Å². The summed E-state index contributed by atoms with van der Waals surface area (Å²) in [7, 11) is 1.66. The number of nitriles is 1. The summed E-state index contributed by atoms with van der Waals surface area (Å²) < 4.78 is 15.4. The molecular weight excluding hydrogens is 497 g/mol. The van der Waals surface area contributed by atoms with Gasteiger partial charge >= 0.3 is 0 Å². The highest BCUT2D eigenvalue weighted by Crippen LogP contribution is 2.37. The van der Waals surface area contributed by atoms with Gasteiger partial charge in [0.05, 0.1) is 4.91 Å². The number of amides is 1. The Kier molecular flexibility index (Phi) is 7.52. The first-order valence-corrected chi connectivity index (χ1v) is 13.1. The maximum absolute atomic E-state index is 13.3. The zero-order valence-electron chi connectivity index (χ0n) is 20.7. The molecule has 36 heavy (non-hydrogen) atoms. The Bertz CT molecular complexity index is 1340. The van der Waals surface area contributed by atoms with Crippen molar-refractivity contribution in [1.29, 1.82) is 5.26 Å². The van der Waals surface area contributed by atoms with Crippen LogP contribution in [0.2, 0.25) is 0 Å². The molecule has 4 rings (SSSR count). The van der Waals surface area contributed by atoms with Gasteiger partial charge in [-0.2, -0.15) is 5.26 Å². The first kappa shape index (κ1) is 25.9. The van der Waals surface area contributed by atoms with Crippen molar-refractivity contribution in [2.24, 2.45) is 7.05 Å². The number of anilines is 2. The molecule has 0 N–H and O–H groups in total. The van der Waals surface area contributed by atoms with E-state index < -0.39 is 0 Å². The van der Waals surface area contributed by atoms with E-state index in [4.69, 9.17) is 12.2 Å². The molecule has 0 aliphatic carbocycles. The zero-order valence-corrected chi connectivity index (χ0v) is 22.4. The molecule has 0 radical (unpaired) electrons. The lowest BCUT2D eigenvalue weighted by atomic mass is 10.0. The summed E-state index contributed by atoms with van der Waals surface area (Å²) in [5.74, 6) is 0.242. The third-order valence-electron chi connectivity index (χ3n) is 6.87. The second kappa shape index (κ2) is 10.4. The molecule has 2 saturated heterocycles. The van der Waals surface area contributed by atoms with Gasteiger partial charge in [0.2, 0.25) is 0 Å². The van der Waals surface area contributed by atoms with Crippen LogP contribution in [0.5, 0.6) is 0 Å². The number of pyridine rings is 1. The maximum atomic E-state index is 13.3. The van der Waals surface area contributed by atoms with Gasteiger partial charge in [0.15, 0.2) is 0 Å². The number of carbonyl (C=O) groups is 1. The quantitative estimate of drug-likeness (QED) is 0.431. The molecule has 2 aliphatic rings. The first-order chi connectivity index (χ1) is 17.2. The lowest BCUT2D eigenvalue weighted by molar-refractivity contribution is -0.123. The van der Waals surface area contributed by atoms with Gasteiger partial charge in [0, 0.05) is 50.5 Å². The maximum Gasteiger partial charge on any atom is 0.270 e. The molecule has 10 heteroatoms. The monoisotopic (exact) mass is 525 g/mol. The number of piperazine rings is 1. The Morgan fingerprint density at radius 2 is 1.78 bits per heavy atom. The number of thioether (sulfide) groups is 1. The highest BCUT2D eigenvalue weighted by molar-refractivity contribution is 8.26. The van der Waals surface area contributed by atoms with Crippen molar-refractivity contribution in [3.05, 3.63) is 62.0 Å². The zero-order chi connectivity index (χ0) is 26.1. The van der Waals surface area contributed by atoms with Gasteiger partial charge in [-0.15, -0.1) is 0 Å². The van der Waals surface area contributed by atoms with Crippen LogP contribution in [-0.2, 0) is 11.8 Å². The van der Waals surface area contributed by atoms with Crippen LogP contribution in [0.3, 0.4) is 0 Å². The van der Waals surface area contributed by atoms with Crippen molar-refractivity contribution in [3.8, 4) is 6.07 Å². The molecule has 2 fully saturated rings. The topological polar surface area (TPSA) is 72.6 Å². The van der Waals surface area contributed by atoms with Gasteiger partial charge in [-0.25, -0.2) is 4.39 Å². The Balaban J connectivity index is 1.73. The fourth-order valence-corrected chi connectivity index (χ4v) is 6.04. The lowest BCUT2D eigenvalue weighted by Gasteiger charge is -2.38. The smallest absolute Gasteiger partial charge is 0.270 e. The number of benzene rings is 1. The third kappa shape index (κ3) is 4.65. The Morgan fingerprint density at radius 1 is 1.17 bits per heavy atom. The van der Waals surface area contributed by atoms with E-state index in [1.54, 1.807) is 37.1 Å². The molecule has 0 saturated carbocycles. The lowest BCUT2D eigenvalue weighted by Crippen LogP contribution is -2.48. The van der Waals surface area contributed by atoms with Crippen molar-refractivity contribution in [1.82, 2.24) is 9.47 Å². The minimum absolute atomic E-state index is 0.0155. The van der Waals surface area contributed by atoms with Gasteiger partial charge in [-0.3, -0.25) is 19.1 Å². The average molecular weight is 526 g/mol. The molecule has 1 unspecified atom stereocenters. The van der Waals surface area contributed by atoms with Gasteiger partial charge in [-0.1, -0.05) is 30.9 Å². The minimum atomic E-state index is -0.365. The predicted molar refractivity (Wildman–Crippen MR) is 147 cm³/mol. The van der Waals surface area contributed by atoms with Crippen LogP contribution in [0.4, 0.5) is 15.9 Å². The SMILES string of the molecule is CCC(C)N1C(=O)/C(=C/c2c(C)c(C#N)c(=O)n(C)c2N2CCN(c3ccc(F)cc3)CC2)SC1=S. The van der Waals surface area contributed by atoms with E-state index in [0.717, 1.165) is 12.1 Å². The number of hydrogen-bond donors (Lipinski definition) is 0. The Labute approximate surface area is 219 Å². The minimum Gasteiger partial charge on any atom is -0.368 e. The van der Waals surface area contributed by atoms with Crippen molar-refractivity contribution in [2.75, 3.05) is 36.0 Å². The Morgan fingerprint density at radius 3 is 2.36 bits per heavy atom. The second-order valence-corrected chi connectivity index (χ2v) is 10.6. The van der Waals surface area contributed by atoms with Gasteiger partial charge in [0.1, 0.15) is 27.6 Å². The van der Waals surface area contributed by atoms with E-state index in [0.29, 0.717) is 52.3 Å². The highest BCUT2D eigenvalue weighted by Gasteiger charge is 2.35. The summed E-state index contributed by atoms with van der Waals surface area (Å²) >= 11 is 6.74. The first-order valence-electron chi connectivity index (χ1n) is 11.8. The van der Waals surface area contributed by atoms with E-state index >= 15 is 0 Å². The summed E-state index contributed by atoms with van der Waals surface area (Å²) in [6.07, 6.45) is 2.56. The van der Waals surface area contributed by atoms with Crippen LogP contribution in [0.15, 0.2) is 34.0 Å². The van der Waals surface area contributed by atoms with Crippen molar-refractivity contribution in [2.45, 2.75) is 33.2 Å². The van der Waals surface area contributed by atoms with Crippen LogP contribution in [0.25, 0.3) is 6.08 Å². The van der Waals surface area contributed by atoms with Crippen LogP contribution < -0.4 is 15.4 Å². The molecule has 188 valence electrons. The standard InChI is InChI=1S/C26H28FN5O2S2/c1-5-16(2)32-25(34)22(36-26(32)35)14-20-17(3)21(15-28)24(33)29(4)23(20)31-12-10-30(11-13-31)19-8-6-18(27)7-9-19/h6-9,14,16H,5,10-13H2,1-4H3/b22-14-. The third-order valence-corrected chi connectivity index (χ3v) is 8.20. The normalized spacial score (nSPS) is 18.2.